The molecule has 2 aliphatic rings. The molecule has 24 heavy (non-hydrogen) atoms. The van der Waals surface area contributed by atoms with Crippen LogP contribution in [-0.4, -0.2) is 23.3 Å². The maximum Gasteiger partial charge on any atom is 0.212 e. The number of anilines is 1. The molecule has 0 aliphatic carbocycles. The second kappa shape index (κ2) is 5.76. The predicted octanol–water partition coefficient (Wildman–Crippen LogP) is 5.57. The van der Waals surface area contributed by atoms with Crippen molar-refractivity contribution in [1.29, 1.82) is 0 Å². The fraction of sp³-hybridized carbons (Fsp3) is 0.0625. The topological polar surface area (TPSA) is 58.5 Å². The number of aliphatic imine (C=N–C) groups is 1. The Morgan fingerprint density at radius 2 is 1.67 bits per heavy atom. The Balaban J connectivity index is 1.79. The number of benzene rings is 2. The van der Waals surface area contributed by atoms with Crippen LogP contribution in [0.4, 0.5) is 11.4 Å². The third-order valence-corrected chi connectivity index (χ3v) is 5.71. The van der Waals surface area contributed by atoms with E-state index >= 15 is 0 Å². The van der Waals surface area contributed by atoms with E-state index in [9.17, 15) is 9.59 Å². The van der Waals surface area contributed by atoms with Crippen LogP contribution in [0.5, 0.6) is 0 Å². The van der Waals surface area contributed by atoms with Crippen molar-refractivity contribution in [3.8, 4) is 0 Å². The molecule has 1 N–H and O–H groups in total. The van der Waals surface area contributed by atoms with Gasteiger partial charge in [-0.05, 0) is 40.2 Å². The average molecular weight is 533 g/mol. The van der Waals surface area contributed by atoms with Gasteiger partial charge in [-0.15, -0.1) is 0 Å². The maximum atomic E-state index is 12.8. The van der Waals surface area contributed by atoms with Crippen LogP contribution in [0, 0.1) is 0 Å². The van der Waals surface area contributed by atoms with Crippen LogP contribution in [0.2, 0.25) is 5.02 Å². The summed E-state index contributed by atoms with van der Waals surface area (Å²) in [5, 5.41) is 3.47. The summed E-state index contributed by atoms with van der Waals surface area (Å²) in [4.78, 5) is 29.8. The molecule has 0 radical (unpaired) electrons. The molecule has 0 amide bonds. The molecule has 0 saturated carbocycles. The number of halogens is 4. The molecule has 4 rings (SSSR count). The van der Waals surface area contributed by atoms with E-state index in [2.05, 4.69) is 58.1 Å². The van der Waals surface area contributed by atoms with Crippen molar-refractivity contribution in [2.24, 2.45) is 4.99 Å². The zero-order chi connectivity index (χ0) is 17.2. The molecule has 0 bridgehead atoms. The first-order valence-corrected chi connectivity index (χ1v) is 9.54. The van der Waals surface area contributed by atoms with Gasteiger partial charge in [0.2, 0.25) is 5.78 Å². The van der Waals surface area contributed by atoms with Gasteiger partial charge in [-0.2, -0.15) is 0 Å². The van der Waals surface area contributed by atoms with E-state index in [1.165, 1.54) is 0 Å². The third kappa shape index (κ3) is 2.41. The van der Waals surface area contributed by atoms with E-state index in [0.717, 1.165) is 8.95 Å². The summed E-state index contributed by atoms with van der Waals surface area (Å²) in [7, 11) is 0. The quantitative estimate of drug-likeness (QED) is 0.522. The van der Waals surface area contributed by atoms with E-state index in [1.54, 1.807) is 18.2 Å². The van der Waals surface area contributed by atoms with Gasteiger partial charge in [-0.1, -0.05) is 43.5 Å². The Morgan fingerprint density at radius 3 is 2.42 bits per heavy atom. The fourth-order valence-electron chi connectivity index (χ4n) is 2.83. The second-order valence-corrected chi connectivity index (χ2v) is 8.45. The van der Waals surface area contributed by atoms with Gasteiger partial charge < -0.3 is 5.32 Å². The number of carbonyl (C=O) groups excluding carboxylic acids is 2. The van der Waals surface area contributed by atoms with Crippen molar-refractivity contribution in [3.63, 3.8) is 0 Å². The smallest absolute Gasteiger partial charge is 0.212 e. The van der Waals surface area contributed by atoms with Gasteiger partial charge in [-0.25, -0.2) is 4.99 Å². The monoisotopic (exact) mass is 530 g/mol. The van der Waals surface area contributed by atoms with E-state index in [-0.39, 0.29) is 17.3 Å². The van der Waals surface area contributed by atoms with Crippen molar-refractivity contribution in [3.05, 3.63) is 53.8 Å². The van der Waals surface area contributed by atoms with Crippen LogP contribution in [0.15, 0.2) is 42.7 Å². The van der Waals surface area contributed by atoms with Gasteiger partial charge >= 0.3 is 0 Å². The maximum absolute atomic E-state index is 12.8. The second-order valence-electron chi connectivity index (χ2n) is 5.36. The molecule has 1 atom stereocenters. The number of carbonyl (C=O) groups is 2. The zero-order valence-electron chi connectivity index (χ0n) is 11.7. The average Bonchev–Trinajstić information content (AvgIpc) is 2.99. The molecule has 0 spiro atoms. The highest BCUT2D eigenvalue weighted by Crippen LogP contribution is 2.41. The summed E-state index contributed by atoms with van der Waals surface area (Å²) >= 11 is 16.3. The summed E-state index contributed by atoms with van der Waals surface area (Å²) < 4.78 is 2.21. The van der Waals surface area contributed by atoms with Crippen LogP contribution in [0.3, 0.4) is 0 Å². The normalized spacial score (nSPS) is 18.3. The number of Topliss-reactive ketones (excluding diaryl/α,β-unsaturated/α-hetero) is 2. The van der Waals surface area contributed by atoms with Crippen molar-refractivity contribution in [2.45, 2.75) is 6.04 Å². The molecule has 2 aromatic rings. The lowest BCUT2D eigenvalue weighted by molar-refractivity contribution is 0.0984. The molecular weight excluding hydrogens is 527 g/mol. The Hall–Kier alpha value is -1.02. The van der Waals surface area contributed by atoms with Gasteiger partial charge in [0.15, 0.2) is 5.78 Å². The molecule has 120 valence electrons. The van der Waals surface area contributed by atoms with Crippen LogP contribution in [0.1, 0.15) is 20.7 Å². The Morgan fingerprint density at radius 1 is 1.00 bits per heavy atom. The SMILES string of the molecule is O=C1C(C2Nc3c(Br)cc(Br)cc3C2=O)=Nc2c(Cl)cc(Br)cc21. The minimum absolute atomic E-state index is 0.161. The van der Waals surface area contributed by atoms with E-state index in [4.69, 9.17) is 11.6 Å². The first-order chi connectivity index (χ1) is 11.4. The summed E-state index contributed by atoms with van der Waals surface area (Å²) in [5.74, 6) is -0.482. The number of hydrogen-bond donors (Lipinski definition) is 1. The van der Waals surface area contributed by atoms with Gasteiger partial charge in [0.25, 0.3) is 0 Å². The molecule has 2 aliphatic heterocycles. The van der Waals surface area contributed by atoms with E-state index in [0.29, 0.717) is 32.0 Å². The van der Waals surface area contributed by atoms with Gasteiger partial charge in [-0.3, -0.25) is 9.59 Å². The zero-order valence-corrected chi connectivity index (χ0v) is 17.2. The molecule has 0 fully saturated rings. The van der Waals surface area contributed by atoms with Crippen molar-refractivity contribution in [1.82, 2.24) is 0 Å². The molecule has 1 unspecified atom stereocenters. The summed E-state index contributed by atoms with van der Waals surface area (Å²) in [6.07, 6.45) is 0. The van der Waals surface area contributed by atoms with Crippen molar-refractivity contribution < 1.29 is 9.59 Å². The number of rotatable bonds is 1. The number of hydrogen-bond acceptors (Lipinski definition) is 4. The van der Waals surface area contributed by atoms with E-state index < -0.39 is 6.04 Å². The van der Waals surface area contributed by atoms with Crippen LogP contribution < -0.4 is 5.32 Å². The number of nitrogens with one attached hydrogen (secondary N) is 1. The summed E-state index contributed by atoms with van der Waals surface area (Å²) in [6.45, 7) is 0. The lowest BCUT2D eigenvalue weighted by Crippen LogP contribution is -2.35. The molecule has 2 heterocycles. The van der Waals surface area contributed by atoms with Gasteiger partial charge in [0.1, 0.15) is 11.8 Å². The van der Waals surface area contributed by atoms with Gasteiger partial charge in [0, 0.05) is 19.0 Å². The molecular formula is C16H6Br3ClN2O2. The van der Waals surface area contributed by atoms with Gasteiger partial charge in [0.05, 0.1) is 22.0 Å². The largest absolute Gasteiger partial charge is 0.368 e. The Labute approximate surface area is 167 Å². The summed E-state index contributed by atoms with van der Waals surface area (Å²) in [5.41, 5.74) is 2.14. The Kier molecular flexibility index (Phi) is 3.95. The van der Waals surface area contributed by atoms with Crippen molar-refractivity contribution in [2.75, 3.05) is 5.32 Å². The van der Waals surface area contributed by atoms with Crippen LogP contribution in [0.25, 0.3) is 0 Å². The minimum Gasteiger partial charge on any atom is -0.368 e. The number of nitrogens with zero attached hydrogens (tertiary/aromatic N) is 1. The molecule has 0 aromatic heterocycles. The predicted molar refractivity (Wildman–Crippen MR) is 104 cm³/mol. The highest BCUT2D eigenvalue weighted by molar-refractivity contribution is 9.11. The lowest BCUT2D eigenvalue weighted by Gasteiger charge is -2.09. The van der Waals surface area contributed by atoms with E-state index in [1.807, 2.05) is 6.07 Å². The molecule has 4 nitrogen and oxygen atoms in total. The lowest BCUT2D eigenvalue weighted by atomic mass is 10.00. The summed E-state index contributed by atoms with van der Waals surface area (Å²) in [6, 6.07) is 6.08. The first kappa shape index (κ1) is 16.4. The number of ketones is 2. The number of fused-ring (bicyclic) bond motifs is 2. The van der Waals surface area contributed by atoms with Crippen LogP contribution in [-0.2, 0) is 0 Å². The first-order valence-electron chi connectivity index (χ1n) is 6.79. The minimum atomic E-state index is -0.819. The highest BCUT2D eigenvalue weighted by atomic mass is 79.9. The van der Waals surface area contributed by atoms with Crippen molar-refractivity contribution >= 4 is 88.0 Å². The standard InChI is InChI=1S/C16H6Br3ClN2O2/c17-5-1-7-11(9(19)3-5)21-13(15(7)23)14-16(24)8-2-6(18)4-10(20)12(8)22-14/h1-4,13,21H. The molecule has 0 saturated heterocycles. The van der Waals surface area contributed by atoms with Crippen LogP contribution >= 0.6 is 59.4 Å². The molecule has 2 aromatic carbocycles. The molecule has 8 heteroatoms. The Bertz CT molecular complexity index is 988. The third-order valence-electron chi connectivity index (χ3n) is 3.88. The highest BCUT2D eigenvalue weighted by Gasteiger charge is 2.41. The fourth-order valence-corrected chi connectivity index (χ4v) is 5.02.